The van der Waals surface area contributed by atoms with Crippen molar-refractivity contribution in [1.29, 1.82) is 5.26 Å². The molecule has 3 atom stereocenters. The van der Waals surface area contributed by atoms with Gasteiger partial charge < -0.3 is 15.0 Å². The molecular weight excluding hydrogens is 226 g/mol. The maximum Gasteiger partial charge on any atom is 0.0826 e. The Bertz CT molecular complexity index is 289. The van der Waals surface area contributed by atoms with Gasteiger partial charge in [-0.05, 0) is 19.9 Å². The maximum absolute atomic E-state index is 9.24. The largest absolute Gasteiger partial charge is 0.374 e. The normalized spacial score (nSPS) is 34.8. The highest BCUT2D eigenvalue weighted by Crippen LogP contribution is 2.23. The molecule has 1 N–H and O–H groups in total. The van der Waals surface area contributed by atoms with Gasteiger partial charge in [-0.3, -0.25) is 0 Å². The molecule has 18 heavy (non-hydrogen) atoms. The molecule has 1 saturated heterocycles. The standard InChI is InChI=1S/C14H25N3O/c1-17-7-8-18-13(11-17)10-16-14-6-4-2-3-5-12(14)9-15/h12-14,16H,2-8,10-11H2,1H3. The average molecular weight is 251 g/mol. The molecule has 2 fully saturated rings. The highest BCUT2D eigenvalue weighted by atomic mass is 16.5. The van der Waals surface area contributed by atoms with Crippen molar-refractivity contribution in [3.63, 3.8) is 0 Å². The molecule has 0 aromatic rings. The first-order chi connectivity index (χ1) is 8.79. The summed E-state index contributed by atoms with van der Waals surface area (Å²) < 4.78 is 5.75. The molecule has 2 aliphatic rings. The van der Waals surface area contributed by atoms with Crippen molar-refractivity contribution in [3.8, 4) is 6.07 Å². The molecule has 0 amide bonds. The third kappa shape index (κ3) is 3.94. The van der Waals surface area contributed by atoms with Gasteiger partial charge in [0.2, 0.25) is 0 Å². The lowest BCUT2D eigenvalue weighted by molar-refractivity contribution is -0.0198. The van der Waals surface area contributed by atoms with Gasteiger partial charge in [0.15, 0.2) is 0 Å². The zero-order chi connectivity index (χ0) is 12.8. The fourth-order valence-corrected chi connectivity index (χ4v) is 2.98. The SMILES string of the molecule is CN1CCOC(CNC2CCCCCC2C#N)C1. The predicted molar refractivity (Wildman–Crippen MR) is 71.2 cm³/mol. The van der Waals surface area contributed by atoms with Crippen molar-refractivity contribution in [2.45, 2.75) is 44.2 Å². The Morgan fingerprint density at radius 3 is 2.94 bits per heavy atom. The van der Waals surface area contributed by atoms with Gasteiger partial charge in [0.1, 0.15) is 0 Å². The van der Waals surface area contributed by atoms with Crippen molar-refractivity contribution >= 4 is 0 Å². The molecule has 1 heterocycles. The summed E-state index contributed by atoms with van der Waals surface area (Å²) in [7, 11) is 2.14. The zero-order valence-electron chi connectivity index (χ0n) is 11.4. The lowest BCUT2D eigenvalue weighted by Crippen LogP contribution is -2.48. The molecule has 0 bridgehead atoms. The molecule has 4 nitrogen and oxygen atoms in total. The molecule has 1 aliphatic heterocycles. The molecule has 0 aromatic heterocycles. The number of ether oxygens (including phenoxy) is 1. The molecule has 0 aromatic carbocycles. The van der Waals surface area contributed by atoms with Crippen LogP contribution in [0, 0.1) is 17.2 Å². The molecule has 102 valence electrons. The van der Waals surface area contributed by atoms with Gasteiger partial charge in [-0.15, -0.1) is 0 Å². The number of hydrogen-bond acceptors (Lipinski definition) is 4. The number of nitriles is 1. The molecule has 3 unspecified atom stereocenters. The second-order valence-corrected chi connectivity index (χ2v) is 5.64. The van der Waals surface area contributed by atoms with E-state index in [4.69, 9.17) is 4.74 Å². The fraction of sp³-hybridized carbons (Fsp3) is 0.929. The van der Waals surface area contributed by atoms with Gasteiger partial charge in [0.25, 0.3) is 0 Å². The van der Waals surface area contributed by atoms with Crippen LogP contribution in [0.3, 0.4) is 0 Å². The molecule has 1 aliphatic carbocycles. The second kappa shape index (κ2) is 7.08. The summed E-state index contributed by atoms with van der Waals surface area (Å²) in [6.07, 6.45) is 6.21. The van der Waals surface area contributed by atoms with Crippen LogP contribution in [0.4, 0.5) is 0 Å². The van der Waals surface area contributed by atoms with Crippen LogP contribution in [0.5, 0.6) is 0 Å². The first kappa shape index (κ1) is 13.8. The van der Waals surface area contributed by atoms with Gasteiger partial charge in [0, 0.05) is 25.7 Å². The Kier molecular flexibility index (Phi) is 5.43. The molecule has 2 rings (SSSR count). The topological polar surface area (TPSA) is 48.3 Å². The molecule has 0 spiro atoms. The lowest BCUT2D eigenvalue weighted by Gasteiger charge is -2.32. The first-order valence-electron chi connectivity index (χ1n) is 7.22. The highest BCUT2D eigenvalue weighted by Gasteiger charge is 2.25. The van der Waals surface area contributed by atoms with Gasteiger partial charge in [-0.2, -0.15) is 5.26 Å². The van der Waals surface area contributed by atoms with E-state index in [-0.39, 0.29) is 12.0 Å². The van der Waals surface area contributed by atoms with E-state index in [0.717, 1.165) is 39.1 Å². The van der Waals surface area contributed by atoms with E-state index in [0.29, 0.717) is 6.04 Å². The lowest BCUT2D eigenvalue weighted by atomic mass is 9.96. The van der Waals surface area contributed by atoms with Gasteiger partial charge >= 0.3 is 0 Å². The van der Waals surface area contributed by atoms with Crippen LogP contribution < -0.4 is 5.32 Å². The van der Waals surface area contributed by atoms with Crippen LogP contribution in [-0.2, 0) is 4.74 Å². The first-order valence-corrected chi connectivity index (χ1v) is 7.22. The summed E-state index contributed by atoms with van der Waals surface area (Å²) in [5.74, 6) is 0.189. The third-order valence-corrected chi connectivity index (χ3v) is 4.13. The minimum absolute atomic E-state index is 0.189. The van der Waals surface area contributed by atoms with E-state index in [9.17, 15) is 5.26 Å². The van der Waals surface area contributed by atoms with Crippen molar-refractivity contribution in [1.82, 2.24) is 10.2 Å². The quantitative estimate of drug-likeness (QED) is 0.770. The van der Waals surface area contributed by atoms with Crippen LogP contribution in [0.1, 0.15) is 32.1 Å². The van der Waals surface area contributed by atoms with Crippen molar-refractivity contribution < 1.29 is 4.74 Å². The number of nitrogens with one attached hydrogen (secondary N) is 1. The monoisotopic (exact) mass is 251 g/mol. The van der Waals surface area contributed by atoms with E-state index in [2.05, 4.69) is 23.3 Å². The Balaban J connectivity index is 1.78. The molecule has 4 heteroatoms. The number of morpholine rings is 1. The Morgan fingerprint density at radius 1 is 1.33 bits per heavy atom. The van der Waals surface area contributed by atoms with Crippen LogP contribution in [-0.4, -0.2) is 50.3 Å². The van der Waals surface area contributed by atoms with E-state index in [1.165, 1.54) is 19.3 Å². The Labute approximate surface area is 110 Å². The fourth-order valence-electron chi connectivity index (χ4n) is 2.98. The zero-order valence-corrected chi connectivity index (χ0v) is 11.4. The summed E-state index contributed by atoms with van der Waals surface area (Å²) >= 11 is 0. The second-order valence-electron chi connectivity index (χ2n) is 5.64. The van der Waals surface area contributed by atoms with Gasteiger partial charge in [0.05, 0.1) is 24.7 Å². The number of likely N-dealkylation sites (N-methyl/N-ethyl adjacent to an activating group) is 1. The smallest absolute Gasteiger partial charge is 0.0826 e. The highest BCUT2D eigenvalue weighted by molar-refractivity contribution is 4.94. The molecular formula is C14H25N3O. The van der Waals surface area contributed by atoms with Crippen LogP contribution >= 0.6 is 0 Å². The van der Waals surface area contributed by atoms with Crippen molar-refractivity contribution in [3.05, 3.63) is 0 Å². The van der Waals surface area contributed by atoms with Crippen molar-refractivity contribution in [2.75, 3.05) is 33.3 Å². The minimum atomic E-state index is 0.189. The number of hydrogen-bond donors (Lipinski definition) is 1. The summed E-state index contributed by atoms with van der Waals surface area (Å²) in [5, 5.41) is 12.8. The maximum atomic E-state index is 9.24. The summed E-state index contributed by atoms with van der Waals surface area (Å²) in [5.41, 5.74) is 0. The van der Waals surface area contributed by atoms with Gasteiger partial charge in [-0.25, -0.2) is 0 Å². The molecule has 0 radical (unpaired) electrons. The average Bonchev–Trinajstić information content (AvgIpc) is 2.61. The van der Waals surface area contributed by atoms with Crippen LogP contribution in [0.25, 0.3) is 0 Å². The minimum Gasteiger partial charge on any atom is -0.374 e. The van der Waals surface area contributed by atoms with E-state index in [1.54, 1.807) is 0 Å². The van der Waals surface area contributed by atoms with Gasteiger partial charge in [-0.1, -0.05) is 19.3 Å². The molecule has 1 saturated carbocycles. The van der Waals surface area contributed by atoms with Crippen LogP contribution in [0.2, 0.25) is 0 Å². The summed E-state index contributed by atoms with van der Waals surface area (Å²) in [4.78, 5) is 2.31. The van der Waals surface area contributed by atoms with Crippen LogP contribution in [0.15, 0.2) is 0 Å². The summed E-state index contributed by atoms with van der Waals surface area (Å²) in [6.45, 7) is 3.74. The van der Waals surface area contributed by atoms with E-state index in [1.807, 2.05) is 0 Å². The van der Waals surface area contributed by atoms with E-state index >= 15 is 0 Å². The summed E-state index contributed by atoms with van der Waals surface area (Å²) in [6, 6.07) is 2.85. The third-order valence-electron chi connectivity index (χ3n) is 4.13. The number of nitrogens with zero attached hydrogens (tertiary/aromatic N) is 2. The predicted octanol–water partition coefficient (Wildman–Crippen LogP) is 1.38. The Morgan fingerprint density at radius 2 is 2.17 bits per heavy atom. The van der Waals surface area contributed by atoms with Crippen molar-refractivity contribution in [2.24, 2.45) is 5.92 Å². The Hall–Kier alpha value is -0.630. The number of rotatable bonds is 3. The van der Waals surface area contributed by atoms with E-state index < -0.39 is 0 Å².